The van der Waals surface area contributed by atoms with E-state index in [4.69, 9.17) is 0 Å². The van der Waals surface area contributed by atoms with Crippen LogP contribution in [0.3, 0.4) is 0 Å². The molecule has 2 aromatic carbocycles. The summed E-state index contributed by atoms with van der Waals surface area (Å²) in [5, 5.41) is 0. The number of rotatable bonds is 2. The minimum atomic E-state index is -0.935. The van der Waals surface area contributed by atoms with Crippen LogP contribution in [-0.2, 0) is 6.54 Å². The Balaban J connectivity index is 0.000000925. The molecule has 0 bridgehead atoms. The fraction of sp³-hybridized carbons (Fsp3) is 0.211. The molecule has 0 aromatic heterocycles. The van der Waals surface area contributed by atoms with E-state index in [0.717, 1.165) is 11.3 Å². The number of nitrogens with zero attached hydrogens (tertiary/aromatic N) is 2. The van der Waals surface area contributed by atoms with Crippen LogP contribution in [-0.4, -0.2) is 6.34 Å². The molecule has 0 saturated heterocycles. The predicted octanol–water partition coefficient (Wildman–Crippen LogP) is 5.79. The first-order valence-electron chi connectivity index (χ1n) is 7.29. The van der Waals surface area contributed by atoms with Crippen LogP contribution < -0.4 is 4.90 Å². The van der Waals surface area contributed by atoms with E-state index in [1.54, 1.807) is 4.90 Å². The van der Waals surface area contributed by atoms with Gasteiger partial charge in [0.2, 0.25) is 0 Å². The van der Waals surface area contributed by atoms with Crippen LogP contribution in [0.2, 0.25) is 0 Å². The molecule has 0 fully saturated rings. The summed E-state index contributed by atoms with van der Waals surface area (Å²) < 4.78 is 40.4. The lowest BCUT2D eigenvalue weighted by molar-refractivity contribution is 0.524. The highest BCUT2D eigenvalue weighted by Gasteiger charge is 2.19. The molecular formula is C19H21F3N2. The van der Waals surface area contributed by atoms with Gasteiger partial charge >= 0.3 is 0 Å². The maximum atomic E-state index is 13.8. The summed E-state index contributed by atoms with van der Waals surface area (Å²) in [7, 11) is 0. The van der Waals surface area contributed by atoms with Crippen LogP contribution in [0.4, 0.5) is 18.9 Å². The molecule has 0 saturated carbocycles. The first-order valence-corrected chi connectivity index (χ1v) is 7.29. The van der Waals surface area contributed by atoms with Crippen LogP contribution in [0, 0.1) is 17.5 Å². The standard InChI is InChI=1S/C16H11F3N2.C2H6.CH4/c1-10-12-4-2-3-5-16(12)21(9-20-10)8-13-14(18)6-11(17)7-15(13)19;1-2;/h2-7,9H,1,8H2;1-2H3;1H4. The van der Waals surface area contributed by atoms with Crippen LogP contribution in [0.25, 0.3) is 5.70 Å². The van der Waals surface area contributed by atoms with Gasteiger partial charge in [-0.15, -0.1) is 0 Å². The maximum absolute atomic E-state index is 13.8. The van der Waals surface area contributed by atoms with E-state index in [2.05, 4.69) is 11.6 Å². The van der Waals surface area contributed by atoms with Crippen LogP contribution in [0.5, 0.6) is 0 Å². The summed E-state index contributed by atoms with van der Waals surface area (Å²) >= 11 is 0. The van der Waals surface area contributed by atoms with Crippen molar-refractivity contribution in [3.8, 4) is 0 Å². The fourth-order valence-corrected chi connectivity index (χ4v) is 2.26. The van der Waals surface area contributed by atoms with Crippen molar-refractivity contribution in [2.45, 2.75) is 27.8 Å². The van der Waals surface area contributed by atoms with Gasteiger partial charge in [0.15, 0.2) is 0 Å². The van der Waals surface area contributed by atoms with E-state index in [0.29, 0.717) is 17.8 Å². The number of halogens is 3. The predicted molar refractivity (Wildman–Crippen MR) is 94.5 cm³/mol. The number of benzene rings is 2. The molecule has 1 aliphatic rings. The van der Waals surface area contributed by atoms with Crippen molar-refractivity contribution < 1.29 is 13.2 Å². The van der Waals surface area contributed by atoms with Gasteiger partial charge in [-0.25, -0.2) is 18.2 Å². The summed E-state index contributed by atoms with van der Waals surface area (Å²) in [5.41, 5.74) is 1.93. The smallest absolute Gasteiger partial charge is 0.134 e. The maximum Gasteiger partial charge on any atom is 0.134 e. The van der Waals surface area contributed by atoms with Crippen molar-refractivity contribution in [1.82, 2.24) is 0 Å². The first kappa shape index (κ1) is 19.5. The third kappa shape index (κ3) is 3.85. The average molecular weight is 334 g/mol. The largest absolute Gasteiger partial charge is 0.327 e. The first-order chi connectivity index (χ1) is 11.1. The van der Waals surface area contributed by atoms with Gasteiger partial charge in [-0.1, -0.05) is 46.1 Å². The van der Waals surface area contributed by atoms with Crippen molar-refractivity contribution in [1.29, 1.82) is 0 Å². The average Bonchev–Trinajstić information content (AvgIpc) is 2.55. The lowest BCUT2D eigenvalue weighted by atomic mass is 10.1. The van der Waals surface area contributed by atoms with E-state index in [9.17, 15) is 13.2 Å². The number of fused-ring (bicyclic) bond motifs is 1. The van der Waals surface area contributed by atoms with Gasteiger partial charge in [-0.2, -0.15) is 0 Å². The van der Waals surface area contributed by atoms with Gasteiger partial charge in [-0.3, -0.25) is 0 Å². The summed E-state index contributed by atoms with van der Waals surface area (Å²) in [6.45, 7) is 7.74. The molecular weight excluding hydrogens is 313 g/mol. The SMILES string of the molecule is C.C=C1N=CN(Cc2c(F)cc(F)cc2F)c2ccccc21.CC. The molecule has 2 nitrogen and oxygen atoms in total. The van der Waals surface area contributed by atoms with Gasteiger partial charge in [0, 0.05) is 23.3 Å². The highest BCUT2D eigenvalue weighted by Crippen LogP contribution is 2.31. The second-order valence-electron chi connectivity index (χ2n) is 4.68. The molecule has 0 aliphatic carbocycles. The molecule has 5 heteroatoms. The Hall–Kier alpha value is -2.56. The molecule has 0 spiro atoms. The summed E-state index contributed by atoms with van der Waals surface area (Å²) in [6.07, 6.45) is 1.47. The normalized spacial score (nSPS) is 12.0. The van der Waals surface area contributed by atoms with E-state index in [1.165, 1.54) is 6.34 Å². The minimum absolute atomic E-state index is 0. The van der Waals surface area contributed by atoms with Gasteiger partial charge in [0.1, 0.15) is 17.5 Å². The number of hydrogen-bond donors (Lipinski definition) is 0. The van der Waals surface area contributed by atoms with E-state index in [-0.39, 0.29) is 19.5 Å². The molecule has 0 atom stereocenters. The Morgan fingerprint density at radius 3 is 2.25 bits per heavy atom. The molecule has 3 rings (SSSR count). The highest BCUT2D eigenvalue weighted by molar-refractivity contribution is 5.93. The Kier molecular flexibility index (Phi) is 6.77. The molecule has 24 heavy (non-hydrogen) atoms. The Morgan fingerprint density at radius 1 is 1.04 bits per heavy atom. The summed E-state index contributed by atoms with van der Waals surface area (Å²) in [5.74, 6) is -2.76. The zero-order valence-corrected chi connectivity index (χ0v) is 13.0. The van der Waals surface area contributed by atoms with Crippen molar-refractivity contribution in [3.05, 3.63) is 71.6 Å². The van der Waals surface area contributed by atoms with Crippen molar-refractivity contribution >= 4 is 17.7 Å². The molecule has 0 N–H and O–H groups in total. The third-order valence-electron chi connectivity index (χ3n) is 3.31. The lowest BCUT2D eigenvalue weighted by Crippen LogP contribution is -2.25. The minimum Gasteiger partial charge on any atom is -0.327 e. The Morgan fingerprint density at radius 2 is 1.62 bits per heavy atom. The zero-order chi connectivity index (χ0) is 17.0. The van der Waals surface area contributed by atoms with Crippen LogP contribution >= 0.6 is 0 Å². The molecule has 0 amide bonds. The van der Waals surface area contributed by atoms with Crippen molar-refractivity contribution in [2.24, 2.45) is 4.99 Å². The number of para-hydroxylation sites is 1. The van der Waals surface area contributed by atoms with E-state index >= 15 is 0 Å². The number of hydrogen-bond acceptors (Lipinski definition) is 2. The molecule has 1 aliphatic heterocycles. The molecule has 1 heterocycles. The second kappa shape index (κ2) is 8.34. The summed E-state index contributed by atoms with van der Waals surface area (Å²) in [6, 6.07) is 8.63. The quantitative estimate of drug-likeness (QED) is 0.679. The zero-order valence-electron chi connectivity index (χ0n) is 13.0. The Labute approximate surface area is 141 Å². The van der Waals surface area contributed by atoms with E-state index in [1.807, 2.05) is 38.1 Å². The lowest BCUT2D eigenvalue weighted by Gasteiger charge is -2.26. The summed E-state index contributed by atoms with van der Waals surface area (Å²) in [4.78, 5) is 5.71. The molecule has 128 valence electrons. The molecule has 0 unspecified atom stereocenters. The van der Waals surface area contributed by atoms with Gasteiger partial charge in [0.05, 0.1) is 24.3 Å². The van der Waals surface area contributed by atoms with Crippen LogP contribution in [0.1, 0.15) is 32.4 Å². The van der Waals surface area contributed by atoms with Gasteiger partial charge in [-0.05, 0) is 6.07 Å². The second-order valence-corrected chi connectivity index (χ2v) is 4.68. The fourth-order valence-electron chi connectivity index (χ4n) is 2.26. The van der Waals surface area contributed by atoms with E-state index < -0.39 is 17.5 Å². The van der Waals surface area contributed by atoms with Crippen molar-refractivity contribution in [2.75, 3.05) is 4.90 Å². The number of anilines is 1. The van der Waals surface area contributed by atoms with Gasteiger partial charge in [0.25, 0.3) is 0 Å². The Bertz CT molecular complexity index is 731. The van der Waals surface area contributed by atoms with Gasteiger partial charge < -0.3 is 4.90 Å². The number of aliphatic imine (C=N–C) groups is 1. The molecule has 2 aromatic rings. The topological polar surface area (TPSA) is 15.6 Å². The van der Waals surface area contributed by atoms with Crippen LogP contribution in [0.15, 0.2) is 48.0 Å². The molecule has 0 radical (unpaired) electrons. The highest BCUT2D eigenvalue weighted by atomic mass is 19.1. The third-order valence-corrected chi connectivity index (χ3v) is 3.31. The monoisotopic (exact) mass is 334 g/mol. The van der Waals surface area contributed by atoms with Crippen molar-refractivity contribution in [3.63, 3.8) is 0 Å².